The number of rotatable bonds is 7. The van der Waals surface area contributed by atoms with Gasteiger partial charge in [0.15, 0.2) is 5.78 Å². The first-order valence-electron chi connectivity index (χ1n) is 18.5. The van der Waals surface area contributed by atoms with Gasteiger partial charge in [-0.25, -0.2) is 13.2 Å². The molecule has 0 unspecified atom stereocenters. The molecule has 3 fully saturated rings. The van der Waals surface area contributed by atoms with Gasteiger partial charge in [0.05, 0.1) is 23.3 Å². The minimum absolute atomic E-state index is 0.0378. The van der Waals surface area contributed by atoms with Crippen LogP contribution in [-0.2, 0) is 40.4 Å². The van der Waals surface area contributed by atoms with Crippen molar-refractivity contribution in [2.75, 3.05) is 13.2 Å². The molecule has 2 saturated carbocycles. The number of carbonyl (C=O) groups excluding carboxylic acids is 5. The van der Waals surface area contributed by atoms with Gasteiger partial charge in [0.25, 0.3) is 0 Å². The Labute approximate surface area is 301 Å². The van der Waals surface area contributed by atoms with Crippen molar-refractivity contribution in [2.24, 2.45) is 16.7 Å². The molecule has 2 bridgehead atoms. The lowest BCUT2D eigenvalue weighted by molar-refractivity contribution is -0.142. The molecule has 0 radical (unpaired) electrons. The third-order valence-electron chi connectivity index (χ3n) is 10.8. The summed E-state index contributed by atoms with van der Waals surface area (Å²) in [6.07, 6.45) is 9.34. The average molecular weight is 727 g/mol. The van der Waals surface area contributed by atoms with E-state index in [2.05, 4.69) is 27.5 Å². The van der Waals surface area contributed by atoms with Crippen molar-refractivity contribution in [1.29, 1.82) is 0 Å². The van der Waals surface area contributed by atoms with E-state index in [9.17, 15) is 32.4 Å². The summed E-state index contributed by atoms with van der Waals surface area (Å²) in [5, 5.41) is 5.19. The minimum Gasteiger partial charge on any atom is -0.450 e. The molecule has 2 aliphatic carbocycles. The Morgan fingerprint density at radius 1 is 1.04 bits per heavy atom. The van der Waals surface area contributed by atoms with Crippen molar-refractivity contribution in [3.05, 3.63) is 41.5 Å². The maximum Gasteiger partial charge on any atom is 0.407 e. The Bertz CT molecular complexity index is 1630. The van der Waals surface area contributed by atoms with Crippen LogP contribution in [0.15, 0.2) is 30.3 Å². The maximum absolute atomic E-state index is 14.4. The van der Waals surface area contributed by atoms with Gasteiger partial charge in [0.2, 0.25) is 27.7 Å². The molecule has 4 aliphatic rings. The Kier molecular flexibility index (Phi) is 12.0. The van der Waals surface area contributed by atoms with E-state index in [0.717, 1.165) is 30.4 Å². The van der Waals surface area contributed by atoms with Gasteiger partial charge < -0.3 is 20.3 Å². The predicted molar refractivity (Wildman–Crippen MR) is 193 cm³/mol. The monoisotopic (exact) mass is 726 g/mol. The van der Waals surface area contributed by atoms with Gasteiger partial charge in [-0.05, 0) is 80.2 Å². The number of nitrogens with zero attached hydrogens (tertiary/aromatic N) is 1. The Morgan fingerprint density at radius 2 is 1.78 bits per heavy atom. The summed E-state index contributed by atoms with van der Waals surface area (Å²) < 4.78 is 33.1. The highest BCUT2D eigenvalue weighted by atomic mass is 32.2. The van der Waals surface area contributed by atoms with Crippen molar-refractivity contribution in [3.8, 4) is 0 Å². The zero-order chi connectivity index (χ0) is 37.0. The lowest BCUT2D eigenvalue weighted by Gasteiger charge is -2.35. The van der Waals surface area contributed by atoms with E-state index in [0.29, 0.717) is 38.5 Å². The van der Waals surface area contributed by atoms with Gasteiger partial charge in [-0.2, -0.15) is 0 Å². The van der Waals surface area contributed by atoms with E-state index in [1.54, 1.807) is 0 Å². The number of allylic oxidation sites excluding steroid dienone is 1. The Balaban J connectivity index is 1.39. The molecule has 4 amide bonds. The molecule has 1 aromatic carbocycles. The molecule has 3 N–H and O–H groups in total. The molecule has 12 nitrogen and oxygen atoms in total. The molecule has 2 aliphatic heterocycles. The van der Waals surface area contributed by atoms with Crippen molar-refractivity contribution in [1.82, 2.24) is 20.3 Å². The number of hydrogen-bond donors (Lipinski definition) is 3. The number of hydrogen-bond acceptors (Lipinski definition) is 8. The van der Waals surface area contributed by atoms with Crippen LogP contribution in [-0.4, -0.2) is 79.4 Å². The number of cyclic esters (lactones) is 1. The van der Waals surface area contributed by atoms with E-state index in [4.69, 9.17) is 4.74 Å². The van der Waals surface area contributed by atoms with Crippen LogP contribution in [0.2, 0.25) is 0 Å². The Morgan fingerprint density at radius 3 is 2.47 bits per heavy atom. The lowest BCUT2D eigenvalue weighted by Crippen LogP contribution is -2.57. The van der Waals surface area contributed by atoms with E-state index in [1.807, 2.05) is 52.0 Å². The average Bonchev–Trinajstić information content (AvgIpc) is 4.00. The molecule has 5 rings (SSSR count). The first-order valence-corrected chi connectivity index (χ1v) is 20.1. The van der Waals surface area contributed by atoms with Gasteiger partial charge >= 0.3 is 6.09 Å². The molecule has 13 heteroatoms. The number of ether oxygens (including phenoxy) is 1. The topological polar surface area (TPSA) is 168 Å². The number of alkyl carbamates (subject to hydrolysis) is 1. The van der Waals surface area contributed by atoms with Crippen LogP contribution in [0.1, 0.15) is 109 Å². The van der Waals surface area contributed by atoms with E-state index >= 15 is 0 Å². The molecule has 0 aromatic heterocycles. The zero-order valence-electron chi connectivity index (χ0n) is 30.4. The van der Waals surface area contributed by atoms with Crippen LogP contribution in [0, 0.1) is 16.7 Å². The van der Waals surface area contributed by atoms with Crippen molar-refractivity contribution < 1.29 is 37.1 Å². The van der Waals surface area contributed by atoms with Crippen molar-refractivity contribution in [2.45, 2.75) is 128 Å². The largest absolute Gasteiger partial charge is 0.450 e. The fourth-order valence-electron chi connectivity index (χ4n) is 7.46. The number of ketones is 1. The fraction of sp³-hybridized carbons (Fsp3) is 0.658. The second-order valence-electron chi connectivity index (χ2n) is 15.8. The van der Waals surface area contributed by atoms with E-state index < -0.39 is 62.1 Å². The molecular weight excluding hydrogens is 673 g/mol. The highest BCUT2D eigenvalue weighted by Gasteiger charge is 2.61. The van der Waals surface area contributed by atoms with Gasteiger partial charge in [-0.1, -0.05) is 70.5 Å². The van der Waals surface area contributed by atoms with Crippen LogP contribution < -0.4 is 15.4 Å². The first kappa shape index (κ1) is 38.5. The number of fused-ring (bicyclic) bond motifs is 3. The molecule has 51 heavy (non-hydrogen) atoms. The van der Waals surface area contributed by atoms with Crippen molar-refractivity contribution in [3.63, 3.8) is 0 Å². The number of Topliss-reactive ketones (excluding diaryl/α,β-unsaturated/α-hetero) is 1. The summed E-state index contributed by atoms with van der Waals surface area (Å²) >= 11 is 0. The van der Waals surface area contributed by atoms with Crippen LogP contribution in [0.25, 0.3) is 6.08 Å². The summed E-state index contributed by atoms with van der Waals surface area (Å²) in [4.78, 5) is 69.8. The normalized spacial score (nSPS) is 29.0. The fourth-order valence-corrected chi connectivity index (χ4v) is 8.85. The summed E-state index contributed by atoms with van der Waals surface area (Å²) in [7, 11) is -3.82. The number of benzene rings is 1. The molecule has 2 heterocycles. The van der Waals surface area contributed by atoms with Crippen LogP contribution in [0.4, 0.5) is 4.79 Å². The van der Waals surface area contributed by atoms with Gasteiger partial charge in [0, 0.05) is 25.4 Å². The lowest BCUT2D eigenvalue weighted by atomic mass is 9.85. The highest BCUT2D eigenvalue weighted by Crippen LogP contribution is 2.58. The minimum atomic E-state index is -3.82. The molecule has 5 atom stereocenters. The van der Waals surface area contributed by atoms with Crippen LogP contribution >= 0.6 is 0 Å². The quantitative estimate of drug-likeness (QED) is 0.371. The molecule has 280 valence electrons. The van der Waals surface area contributed by atoms with Gasteiger partial charge in [-0.3, -0.25) is 23.9 Å². The highest BCUT2D eigenvalue weighted by molar-refractivity contribution is 7.90. The molecular formula is C38H54N4O8S. The molecule has 1 aromatic rings. The maximum atomic E-state index is 14.4. The predicted octanol–water partition coefficient (Wildman–Crippen LogP) is 4.42. The number of sulfonamides is 1. The summed E-state index contributed by atoms with van der Waals surface area (Å²) in [6, 6.07) is 5.35. The zero-order valence-corrected chi connectivity index (χ0v) is 31.2. The standard InChI is InChI=1S/C38H54N4O8S/c1-5-27-22-38(27,35(46)41-51(48,49)29-17-18-29)23-31(43)30-21-28-24-42(30)34(45)33(37(2,3)4)40-36(47)50-20-12-8-6-7-9-13-25-14-10-11-15-26(25)16-19-32(44)39-28/h9-11,13-15,27-30,33H,5-8,12,16-24H2,1-4H3,(H,39,44)(H,40,47)(H,41,46)/b13-9+/t27-,28-,30+,33-,38-/m1/s1. The smallest absolute Gasteiger partial charge is 0.407 e. The third-order valence-corrected chi connectivity index (χ3v) is 12.6. The van der Waals surface area contributed by atoms with Crippen LogP contribution in [0.5, 0.6) is 0 Å². The van der Waals surface area contributed by atoms with Gasteiger partial charge in [0.1, 0.15) is 6.04 Å². The van der Waals surface area contributed by atoms with Gasteiger partial charge in [-0.15, -0.1) is 0 Å². The van der Waals surface area contributed by atoms with Crippen LogP contribution in [0.3, 0.4) is 0 Å². The first-order chi connectivity index (χ1) is 24.1. The number of carbonyl (C=O) groups is 5. The second kappa shape index (κ2) is 15.9. The molecule has 0 spiro atoms. The van der Waals surface area contributed by atoms with E-state index in [1.165, 1.54) is 4.90 Å². The number of nitrogens with one attached hydrogen (secondary N) is 3. The number of amides is 4. The molecule has 1 saturated heterocycles. The SMILES string of the molecule is CC[C@@H]1C[C@]1(CC(=O)[C@@H]1C[C@@H]2CN1C(=O)[C@H](C(C)(C)C)NC(=O)OCCCCC/C=C/c1ccccc1CCC(=O)N2)C(=O)NS(=O)(=O)C1CC1. The number of aryl methyl sites for hydroxylation is 1. The summed E-state index contributed by atoms with van der Waals surface area (Å²) in [6.45, 7) is 7.56. The Hall–Kier alpha value is -3.74. The summed E-state index contributed by atoms with van der Waals surface area (Å²) in [5.41, 5.74) is 0.141. The van der Waals surface area contributed by atoms with Crippen molar-refractivity contribution >= 4 is 45.7 Å². The summed E-state index contributed by atoms with van der Waals surface area (Å²) in [5.74, 6) is -1.91. The second-order valence-corrected chi connectivity index (χ2v) is 17.8. The van der Waals surface area contributed by atoms with E-state index in [-0.39, 0.29) is 50.0 Å². The third kappa shape index (κ3) is 9.58.